The molecule has 3 rings (SSSR count). The van der Waals surface area contributed by atoms with Gasteiger partial charge in [0.15, 0.2) is 0 Å². The quantitative estimate of drug-likeness (QED) is 0.194. The van der Waals surface area contributed by atoms with Gasteiger partial charge in [-0.25, -0.2) is 0 Å². The van der Waals surface area contributed by atoms with E-state index in [4.69, 9.17) is 5.73 Å². The summed E-state index contributed by atoms with van der Waals surface area (Å²) in [6.07, 6.45) is 6.59. The molecular weight excluding hydrogens is 512 g/mol. The highest BCUT2D eigenvalue weighted by atomic mass is 16.3. The smallest absolute Gasteiger partial charge is 0.238 e. The molecule has 1 aliphatic carbocycles. The van der Waals surface area contributed by atoms with E-state index in [1.807, 2.05) is 88.4 Å². The number of primary amides is 1. The van der Waals surface area contributed by atoms with Crippen LogP contribution < -0.4 is 5.73 Å². The molecule has 6 nitrogen and oxygen atoms in total. The predicted molar refractivity (Wildman–Crippen MR) is 165 cm³/mol. The van der Waals surface area contributed by atoms with Crippen LogP contribution in [0.5, 0.6) is 0 Å². The third kappa shape index (κ3) is 7.58. The lowest BCUT2D eigenvalue weighted by molar-refractivity contribution is -0.168. The number of hydrogen-bond acceptors (Lipinski definition) is 4. The number of aliphatic hydroxyl groups is 2. The number of carbonyl (C=O) groups excluding carboxylic acids is 2. The Balaban J connectivity index is 2.32. The molecule has 6 heteroatoms. The molecule has 1 fully saturated rings. The minimum Gasteiger partial charge on any atom is -0.388 e. The summed E-state index contributed by atoms with van der Waals surface area (Å²) in [4.78, 5) is 29.5. The molecule has 0 radical (unpaired) electrons. The van der Waals surface area contributed by atoms with Crippen molar-refractivity contribution in [2.24, 2.45) is 11.1 Å². The van der Waals surface area contributed by atoms with E-state index >= 15 is 0 Å². The number of rotatable bonds is 18. The molecule has 0 saturated heterocycles. The van der Waals surface area contributed by atoms with Crippen LogP contribution in [-0.4, -0.2) is 50.2 Å². The molecule has 0 aromatic heterocycles. The van der Waals surface area contributed by atoms with Gasteiger partial charge in [-0.15, -0.1) is 0 Å². The van der Waals surface area contributed by atoms with E-state index in [2.05, 4.69) is 0 Å². The first-order valence-corrected chi connectivity index (χ1v) is 15.8. The van der Waals surface area contributed by atoms with E-state index < -0.39 is 34.6 Å². The molecule has 2 aromatic rings. The van der Waals surface area contributed by atoms with Crippen molar-refractivity contribution < 1.29 is 19.8 Å². The van der Waals surface area contributed by atoms with E-state index in [0.717, 1.165) is 36.8 Å². The van der Waals surface area contributed by atoms with Gasteiger partial charge in [-0.05, 0) is 62.5 Å². The molecule has 41 heavy (non-hydrogen) atoms. The number of amides is 2. The topological polar surface area (TPSA) is 104 Å². The highest BCUT2D eigenvalue weighted by molar-refractivity contribution is 6.07. The third-order valence-electron chi connectivity index (χ3n) is 9.05. The maximum Gasteiger partial charge on any atom is 0.238 e. The van der Waals surface area contributed by atoms with E-state index in [9.17, 15) is 19.8 Å². The molecular formula is C35H52N2O4. The second-order valence-corrected chi connectivity index (χ2v) is 12.3. The highest BCUT2D eigenvalue weighted by Crippen LogP contribution is 2.50. The minimum absolute atomic E-state index is 0.344. The number of carbonyl (C=O) groups is 2. The summed E-state index contributed by atoms with van der Waals surface area (Å²) < 4.78 is 0. The summed E-state index contributed by atoms with van der Waals surface area (Å²) in [7, 11) is 0. The predicted octanol–water partition coefficient (Wildman–Crippen LogP) is 5.97. The van der Waals surface area contributed by atoms with Crippen LogP contribution in [0.25, 0.3) is 0 Å². The molecule has 226 valence electrons. The lowest BCUT2D eigenvalue weighted by Gasteiger charge is -2.52. The molecule has 0 spiro atoms. The summed E-state index contributed by atoms with van der Waals surface area (Å²) in [6, 6.07) is 18.6. The maximum absolute atomic E-state index is 14.8. The fraction of sp³-hybridized carbons (Fsp3) is 0.600. The normalized spacial score (nSPS) is 16.1. The molecule has 2 atom stereocenters. The largest absolute Gasteiger partial charge is 0.388 e. The Morgan fingerprint density at radius 3 is 1.34 bits per heavy atom. The Hall–Kier alpha value is -2.70. The van der Waals surface area contributed by atoms with Crippen LogP contribution in [0.4, 0.5) is 0 Å². The second-order valence-electron chi connectivity index (χ2n) is 12.3. The van der Waals surface area contributed by atoms with E-state index in [-0.39, 0.29) is 5.91 Å². The molecule has 2 unspecified atom stereocenters. The van der Waals surface area contributed by atoms with Gasteiger partial charge in [-0.1, -0.05) is 114 Å². The lowest BCUT2D eigenvalue weighted by atomic mass is 9.75. The number of nitrogens with two attached hydrogens (primary N) is 1. The highest BCUT2D eigenvalue weighted by Gasteiger charge is 2.61. The molecule has 1 saturated carbocycles. The summed E-state index contributed by atoms with van der Waals surface area (Å²) >= 11 is 0. The van der Waals surface area contributed by atoms with Crippen LogP contribution in [0.15, 0.2) is 60.7 Å². The molecule has 1 aliphatic rings. The zero-order chi connectivity index (χ0) is 30.1. The van der Waals surface area contributed by atoms with Crippen LogP contribution in [-0.2, 0) is 22.4 Å². The monoisotopic (exact) mass is 564 g/mol. The zero-order valence-corrected chi connectivity index (χ0v) is 25.6. The van der Waals surface area contributed by atoms with Crippen LogP contribution >= 0.6 is 0 Å². The van der Waals surface area contributed by atoms with Gasteiger partial charge in [0, 0.05) is 0 Å². The minimum atomic E-state index is -1.29. The van der Waals surface area contributed by atoms with Crippen molar-refractivity contribution in [3.63, 3.8) is 0 Å². The van der Waals surface area contributed by atoms with Gasteiger partial charge >= 0.3 is 0 Å². The van der Waals surface area contributed by atoms with Crippen molar-refractivity contribution >= 4 is 11.8 Å². The fourth-order valence-electron chi connectivity index (χ4n) is 6.86. The van der Waals surface area contributed by atoms with Gasteiger partial charge in [0.2, 0.25) is 11.8 Å². The van der Waals surface area contributed by atoms with Crippen molar-refractivity contribution in [2.45, 2.75) is 128 Å². The van der Waals surface area contributed by atoms with Crippen LogP contribution in [0, 0.1) is 5.41 Å². The van der Waals surface area contributed by atoms with Gasteiger partial charge in [0.05, 0.1) is 23.3 Å². The Bertz CT molecular complexity index is 1020. The summed E-state index contributed by atoms with van der Waals surface area (Å²) in [5.41, 5.74) is 4.20. The SMILES string of the molecule is CCCC(O)(CCC)C(Cc1ccccc1)N(C(=O)C1(C(N)=O)CC1)C(Cc1ccccc1)C(O)(CCC)CCC. The second kappa shape index (κ2) is 14.5. The van der Waals surface area contributed by atoms with Crippen molar-refractivity contribution in [1.29, 1.82) is 0 Å². The Labute approximate surface area is 247 Å². The average Bonchev–Trinajstić information content (AvgIpc) is 3.76. The van der Waals surface area contributed by atoms with Gasteiger partial charge in [-0.3, -0.25) is 9.59 Å². The molecule has 2 amide bonds. The van der Waals surface area contributed by atoms with Crippen molar-refractivity contribution in [2.75, 3.05) is 0 Å². The zero-order valence-electron chi connectivity index (χ0n) is 25.6. The van der Waals surface area contributed by atoms with Gasteiger partial charge in [-0.2, -0.15) is 0 Å². The van der Waals surface area contributed by atoms with Crippen LogP contribution in [0.3, 0.4) is 0 Å². The Morgan fingerprint density at radius 2 is 1.07 bits per heavy atom. The Morgan fingerprint density at radius 1 is 0.732 bits per heavy atom. The number of benzene rings is 2. The standard InChI is InChI=1S/C35H52N2O4/c1-5-19-34(40,20-6-2)29(25-27-15-11-9-12-16-27)37(32(39)33(23-24-33)31(36)38)30(26-28-17-13-10-14-18-28)35(41,21-7-3)22-8-4/h9-18,29-30,40-41H,5-8,19-26H2,1-4H3,(H2,36,38). The molecule has 0 aliphatic heterocycles. The summed E-state index contributed by atoms with van der Waals surface area (Å²) in [6.45, 7) is 8.18. The first kappa shape index (κ1) is 32.8. The van der Waals surface area contributed by atoms with Crippen molar-refractivity contribution in [1.82, 2.24) is 4.90 Å². The van der Waals surface area contributed by atoms with E-state index in [0.29, 0.717) is 51.4 Å². The van der Waals surface area contributed by atoms with E-state index in [1.165, 1.54) is 0 Å². The van der Waals surface area contributed by atoms with Crippen LogP contribution in [0.1, 0.15) is 103 Å². The molecule has 2 aromatic carbocycles. The van der Waals surface area contributed by atoms with Crippen molar-refractivity contribution in [3.8, 4) is 0 Å². The first-order chi connectivity index (χ1) is 19.6. The molecule has 0 heterocycles. The lowest BCUT2D eigenvalue weighted by Crippen LogP contribution is -2.67. The van der Waals surface area contributed by atoms with E-state index in [1.54, 1.807) is 4.90 Å². The van der Waals surface area contributed by atoms with Gasteiger partial charge in [0.1, 0.15) is 5.41 Å². The summed E-state index contributed by atoms with van der Waals surface area (Å²) in [5, 5.41) is 25.1. The summed E-state index contributed by atoms with van der Waals surface area (Å²) in [5.74, 6) is -0.961. The van der Waals surface area contributed by atoms with Crippen molar-refractivity contribution in [3.05, 3.63) is 71.8 Å². The fourth-order valence-corrected chi connectivity index (χ4v) is 6.86. The van der Waals surface area contributed by atoms with Gasteiger partial charge in [0.25, 0.3) is 0 Å². The average molecular weight is 565 g/mol. The molecule has 4 N–H and O–H groups in total. The van der Waals surface area contributed by atoms with Crippen LogP contribution in [0.2, 0.25) is 0 Å². The number of hydrogen-bond donors (Lipinski definition) is 3. The first-order valence-electron chi connectivity index (χ1n) is 15.8. The molecule has 0 bridgehead atoms. The number of nitrogens with zero attached hydrogens (tertiary/aromatic N) is 1. The maximum atomic E-state index is 14.8. The van der Waals surface area contributed by atoms with Gasteiger partial charge < -0.3 is 20.8 Å². The third-order valence-corrected chi connectivity index (χ3v) is 9.05. The Kier molecular flexibility index (Phi) is 11.6.